The predicted octanol–water partition coefficient (Wildman–Crippen LogP) is -5.89. The molecule has 0 bridgehead atoms. The van der Waals surface area contributed by atoms with E-state index >= 15 is 0 Å². The van der Waals surface area contributed by atoms with Crippen molar-refractivity contribution in [3.05, 3.63) is 0 Å². The molecule has 0 aliphatic carbocycles. The van der Waals surface area contributed by atoms with E-state index in [1.807, 2.05) is 0 Å². The first-order valence-corrected chi connectivity index (χ1v) is 7.69. The molecule has 2 rings (SSSR count). The van der Waals surface area contributed by atoms with Crippen molar-refractivity contribution in [2.45, 2.75) is 54.8 Å². The standard InChI is InChI=1S/C12H22O11.CH5NO/c13-1-5-7(17)8(18)9(19)11(22-5)23-10-6(16)4(15)2-21-12(10,20)3-14;1-3-2/h4-11,13-20H,1-3H2;2H2,1H3/t4-,5-,6-,7-,8+,9-,10+,11-,12+;/m1./s1. The molecule has 2 fully saturated rings. The van der Waals surface area contributed by atoms with Crippen molar-refractivity contribution in [3.63, 3.8) is 0 Å². The van der Waals surface area contributed by atoms with Crippen LogP contribution in [0.15, 0.2) is 0 Å². The molecule has 0 spiro atoms. The number of rotatable bonds is 4. The first kappa shape index (κ1) is 23.5. The minimum Gasteiger partial charge on any atom is -0.394 e. The Balaban J connectivity index is 0.00000105. The molecule has 0 amide bonds. The van der Waals surface area contributed by atoms with E-state index in [0.717, 1.165) is 0 Å². The van der Waals surface area contributed by atoms with Gasteiger partial charge in [-0.3, -0.25) is 0 Å². The highest BCUT2D eigenvalue weighted by Crippen LogP contribution is 2.30. The summed E-state index contributed by atoms with van der Waals surface area (Å²) in [7, 11) is 1.40. The van der Waals surface area contributed by atoms with E-state index in [0.29, 0.717) is 0 Å². The van der Waals surface area contributed by atoms with Crippen molar-refractivity contribution in [2.24, 2.45) is 5.90 Å². The lowest BCUT2D eigenvalue weighted by Gasteiger charge is -2.47. The average molecular weight is 389 g/mol. The molecule has 0 unspecified atom stereocenters. The maximum atomic E-state index is 10.1. The smallest absolute Gasteiger partial charge is 0.219 e. The quantitative estimate of drug-likeness (QED) is 0.204. The van der Waals surface area contributed by atoms with Gasteiger partial charge in [0.2, 0.25) is 5.79 Å². The fourth-order valence-electron chi connectivity index (χ4n) is 2.53. The largest absolute Gasteiger partial charge is 0.394 e. The van der Waals surface area contributed by atoms with Crippen LogP contribution < -0.4 is 5.90 Å². The van der Waals surface area contributed by atoms with Crippen LogP contribution in [0.2, 0.25) is 0 Å². The van der Waals surface area contributed by atoms with Crippen LogP contribution in [-0.2, 0) is 19.0 Å². The number of hydrogen-bond donors (Lipinski definition) is 9. The summed E-state index contributed by atoms with van der Waals surface area (Å²) in [5, 5.41) is 77.2. The number of hydrogen-bond acceptors (Lipinski definition) is 13. The number of ether oxygens (including phenoxy) is 3. The van der Waals surface area contributed by atoms with Gasteiger partial charge in [0.1, 0.15) is 42.7 Å². The van der Waals surface area contributed by atoms with Gasteiger partial charge in [0.15, 0.2) is 6.29 Å². The third-order valence-electron chi connectivity index (χ3n) is 4.01. The summed E-state index contributed by atoms with van der Waals surface area (Å²) in [4.78, 5) is 3.75. The van der Waals surface area contributed by atoms with Crippen molar-refractivity contribution >= 4 is 0 Å². The molecule has 0 aromatic rings. The lowest BCUT2D eigenvalue weighted by atomic mass is 9.96. The zero-order valence-corrected chi connectivity index (χ0v) is 14.0. The van der Waals surface area contributed by atoms with Crippen molar-refractivity contribution in [1.29, 1.82) is 0 Å². The van der Waals surface area contributed by atoms with Gasteiger partial charge in [-0.1, -0.05) is 0 Å². The minimum absolute atomic E-state index is 0.466. The van der Waals surface area contributed by atoms with Gasteiger partial charge in [0.25, 0.3) is 0 Å². The highest BCUT2D eigenvalue weighted by molar-refractivity contribution is 4.95. The highest BCUT2D eigenvalue weighted by atomic mass is 16.7. The SMILES string of the molecule is CON.OC[C@H]1O[C@H](O[C@H]2[C@H](O)[C@H](O)CO[C@@]2(O)CO)[C@H](O)[C@@H](O)[C@@H]1O. The molecule has 2 aliphatic heterocycles. The lowest BCUT2D eigenvalue weighted by Crippen LogP contribution is -2.67. The summed E-state index contributed by atoms with van der Waals surface area (Å²) in [6.07, 6.45) is -12.9. The number of nitrogens with two attached hydrogens (primary N) is 1. The molecule has 10 N–H and O–H groups in total. The highest BCUT2D eigenvalue weighted by Gasteiger charge is 2.53. The minimum atomic E-state index is -2.38. The van der Waals surface area contributed by atoms with Gasteiger partial charge < -0.3 is 59.9 Å². The van der Waals surface area contributed by atoms with Crippen molar-refractivity contribution in [3.8, 4) is 0 Å². The molecule has 26 heavy (non-hydrogen) atoms. The monoisotopic (exact) mass is 389 g/mol. The molecule has 2 heterocycles. The van der Waals surface area contributed by atoms with Gasteiger partial charge in [0, 0.05) is 0 Å². The summed E-state index contributed by atoms with van der Waals surface area (Å²) in [6.45, 7) is -2.15. The van der Waals surface area contributed by atoms with Crippen LogP contribution in [0.25, 0.3) is 0 Å². The van der Waals surface area contributed by atoms with Crippen LogP contribution in [-0.4, -0.2) is 123 Å². The third-order valence-corrected chi connectivity index (χ3v) is 4.01. The van der Waals surface area contributed by atoms with Crippen LogP contribution in [0.1, 0.15) is 0 Å². The summed E-state index contributed by atoms with van der Waals surface area (Å²) < 4.78 is 15.1. The van der Waals surface area contributed by atoms with E-state index < -0.39 is 74.6 Å². The molecule has 9 atom stereocenters. The maximum absolute atomic E-state index is 10.1. The zero-order chi connectivity index (χ0) is 20.1. The van der Waals surface area contributed by atoms with E-state index in [1.165, 1.54) is 7.11 Å². The Kier molecular flexibility index (Phi) is 9.17. The first-order chi connectivity index (χ1) is 12.2. The predicted molar refractivity (Wildman–Crippen MR) is 79.8 cm³/mol. The van der Waals surface area contributed by atoms with Gasteiger partial charge in [-0.15, -0.1) is 0 Å². The third kappa shape index (κ3) is 5.05. The molecule has 0 aromatic carbocycles. The zero-order valence-electron chi connectivity index (χ0n) is 14.0. The second-order valence-electron chi connectivity index (χ2n) is 5.86. The van der Waals surface area contributed by atoms with E-state index in [2.05, 4.69) is 10.7 Å². The maximum Gasteiger partial charge on any atom is 0.219 e. The van der Waals surface area contributed by atoms with Gasteiger partial charge in [0.05, 0.1) is 26.9 Å². The topological polar surface area (TPSA) is 225 Å². The van der Waals surface area contributed by atoms with E-state index in [4.69, 9.17) is 19.3 Å². The molecule has 2 aliphatic rings. The van der Waals surface area contributed by atoms with E-state index in [-0.39, 0.29) is 0 Å². The average Bonchev–Trinajstić information content (AvgIpc) is 2.62. The lowest BCUT2D eigenvalue weighted by molar-refractivity contribution is -0.387. The fourth-order valence-corrected chi connectivity index (χ4v) is 2.53. The van der Waals surface area contributed by atoms with E-state index in [9.17, 15) is 35.7 Å². The Morgan fingerprint density at radius 1 is 1.04 bits per heavy atom. The fraction of sp³-hybridized carbons (Fsp3) is 1.00. The molecule has 0 radical (unpaired) electrons. The van der Waals surface area contributed by atoms with Crippen LogP contribution in [0.3, 0.4) is 0 Å². The van der Waals surface area contributed by atoms with E-state index in [1.54, 1.807) is 0 Å². The van der Waals surface area contributed by atoms with Gasteiger partial charge in [-0.2, -0.15) is 0 Å². The van der Waals surface area contributed by atoms with Crippen molar-refractivity contribution in [2.75, 3.05) is 26.9 Å². The van der Waals surface area contributed by atoms with Gasteiger partial charge >= 0.3 is 0 Å². The van der Waals surface area contributed by atoms with Crippen molar-refractivity contribution < 1.29 is 59.9 Å². The number of aliphatic hydroxyl groups excluding tert-OH is 7. The summed E-state index contributed by atoms with van der Waals surface area (Å²) in [6, 6.07) is 0. The van der Waals surface area contributed by atoms with Gasteiger partial charge in [-0.25, -0.2) is 5.90 Å². The molecule has 0 aromatic heterocycles. The summed E-state index contributed by atoms with van der Waals surface area (Å²) >= 11 is 0. The van der Waals surface area contributed by atoms with Crippen molar-refractivity contribution in [1.82, 2.24) is 0 Å². The molecular weight excluding hydrogens is 362 g/mol. The van der Waals surface area contributed by atoms with Crippen LogP contribution in [0, 0.1) is 0 Å². The molecule has 13 heteroatoms. The van der Waals surface area contributed by atoms with Crippen LogP contribution >= 0.6 is 0 Å². The van der Waals surface area contributed by atoms with Crippen LogP contribution in [0.4, 0.5) is 0 Å². The normalized spacial score (nSPS) is 46.4. The second-order valence-corrected chi connectivity index (χ2v) is 5.86. The first-order valence-electron chi connectivity index (χ1n) is 7.69. The Labute approximate surface area is 148 Å². The Morgan fingerprint density at radius 2 is 1.62 bits per heavy atom. The summed E-state index contributed by atoms with van der Waals surface area (Å²) in [5.74, 6) is 1.97. The second kappa shape index (κ2) is 10.1. The molecular formula is C13H27NO12. The molecule has 2 saturated heterocycles. The van der Waals surface area contributed by atoms with Crippen LogP contribution in [0.5, 0.6) is 0 Å². The van der Waals surface area contributed by atoms with Gasteiger partial charge in [-0.05, 0) is 0 Å². The number of aliphatic hydroxyl groups is 8. The Morgan fingerprint density at radius 3 is 2.12 bits per heavy atom. The molecule has 0 saturated carbocycles. The Hall–Kier alpha value is -0.520. The molecule has 156 valence electrons. The Bertz CT molecular complexity index is 415. The summed E-state index contributed by atoms with van der Waals surface area (Å²) in [5.41, 5.74) is 0. The molecule has 13 nitrogen and oxygen atoms in total.